The van der Waals surface area contributed by atoms with Gasteiger partial charge in [0.1, 0.15) is 17.8 Å². The molecule has 1 unspecified atom stereocenters. The first-order valence-electron chi connectivity index (χ1n) is 10.4. The third kappa shape index (κ3) is 8.10. The number of aliphatic imine (C=N–C) groups is 1. The van der Waals surface area contributed by atoms with Crippen molar-refractivity contribution in [2.45, 2.75) is 19.4 Å². The van der Waals surface area contributed by atoms with Gasteiger partial charge >= 0.3 is 5.97 Å². The number of nitrogens with one attached hydrogen (secondary N) is 3. The molecule has 2 rings (SSSR count). The van der Waals surface area contributed by atoms with Crippen molar-refractivity contribution in [3.63, 3.8) is 0 Å². The summed E-state index contributed by atoms with van der Waals surface area (Å²) in [5.41, 5.74) is 3.69. The summed E-state index contributed by atoms with van der Waals surface area (Å²) in [5, 5.41) is 5.31. The molecule has 0 radical (unpaired) electrons. The maximum Gasteiger partial charge on any atom is 0.308 e. The first-order chi connectivity index (χ1) is 16.4. The van der Waals surface area contributed by atoms with Gasteiger partial charge in [-0.3, -0.25) is 14.4 Å². The van der Waals surface area contributed by atoms with Crippen LogP contribution >= 0.6 is 0 Å². The summed E-state index contributed by atoms with van der Waals surface area (Å²) in [7, 11) is 3.00. The Bertz CT molecular complexity index is 1000. The number of amides is 2. The monoisotopic (exact) mass is 471 g/mol. The fourth-order valence-electron chi connectivity index (χ4n) is 3.02. The van der Waals surface area contributed by atoms with Crippen molar-refractivity contribution in [1.29, 1.82) is 0 Å². The largest absolute Gasteiger partial charge is 0.497 e. The number of rotatable bonds is 12. The van der Waals surface area contributed by atoms with Crippen LogP contribution in [0.4, 0.5) is 5.69 Å². The van der Waals surface area contributed by atoms with Crippen LogP contribution in [0.3, 0.4) is 0 Å². The highest BCUT2D eigenvalue weighted by Gasteiger charge is 2.21. The van der Waals surface area contributed by atoms with Gasteiger partial charge in [-0.25, -0.2) is 10.8 Å². The minimum atomic E-state index is -0.728. The summed E-state index contributed by atoms with van der Waals surface area (Å²) >= 11 is 0. The Hall–Kier alpha value is -4.12. The van der Waals surface area contributed by atoms with Gasteiger partial charge < -0.3 is 30.3 Å². The van der Waals surface area contributed by atoms with Crippen molar-refractivity contribution in [3.05, 3.63) is 53.6 Å². The first kappa shape index (κ1) is 26.1. The summed E-state index contributed by atoms with van der Waals surface area (Å²) < 4.78 is 15.6. The Morgan fingerprint density at radius 2 is 1.79 bits per heavy atom. The molecule has 2 amide bonds. The highest BCUT2D eigenvalue weighted by atomic mass is 16.5. The Morgan fingerprint density at radius 1 is 1.09 bits per heavy atom. The van der Waals surface area contributed by atoms with Gasteiger partial charge in [0.05, 0.1) is 45.5 Å². The number of carbonyl (C=O) groups is 3. The molecule has 1 atom stereocenters. The zero-order chi connectivity index (χ0) is 24.9. The van der Waals surface area contributed by atoms with Gasteiger partial charge in [-0.2, -0.15) is 0 Å². The SMILES string of the molecule is CCOC(=O)CC(NC(=O)CNC(=O)c1cccc(N=CNN)c1)c1cc(OC)cc(OC)c1. The van der Waals surface area contributed by atoms with Gasteiger partial charge in [0.25, 0.3) is 5.91 Å². The summed E-state index contributed by atoms with van der Waals surface area (Å²) in [6, 6.07) is 10.8. The van der Waals surface area contributed by atoms with Crippen molar-refractivity contribution in [2.75, 3.05) is 27.4 Å². The van der Waals surface area contributed by atoms with E-state index in [1.807, 2.05) is 0 Å². The average Bonchev–Trinajstić information content (AvgIpc) is 2.85. The fraction of sp³-hybridized carbons (Fsp3) is 0.304. The van der Waals surface area contributed by atoms with Crippen LogP contribution in [0, 0.1) is 0 Å². The Morgan fingerprint density at radius 3 is 2.41 bits per heavy atom. The topological polar surface area (TPSA) is 153 Å². The molecular weight excluding hydrogens is 442 g/mol. The number of benzene rings is 2. The van der Waals surface area contributed by atoms with Crippen LogP contribution in [0.1, 0.15) is 35.3 Å². The maximum atomic E-state index is 12.6. The van der Waals surface area contributed by atoms with Gasteiger partial charge in [-0.05, 0) is 42.8 Å². The van der Waals surface area contributed by atoms with E-state index in [1.54, 1.807) is 49.4 Å². The lowest BCUT2D eigenvalue weighted by Crippen LogP contribution is -2.39. The predicted molar refractivity (Wildman–Crippen MR) is 126 cm³/mol. The lowest BCUT2D eigenvalue weighted by atomic mass is 10.0. The molecule has 0 spiro atoms. The fourth-order valence-corrected chi connectivity index (χ4v) is 3.02. The summed E-state index contributed by atoms with van der Waals surface area (Å²) in [5.74, 6) is 4.71. The molecule has 0 saturated carbocycles. The highest BCUT2D eigenvalue weighted by molar-refractivity contribution is 5.97. The summed E-state index contributed by atoms with van der Waals surface area (Å²) in [6.45, 7) is 1.60. The number of nitrogens with zero attached hydrogens (tertiary/aromatic N) is 1. The first-order valence-corrected chi connectivity index (χ1v) is 10.4. The molecule has 11 nitrogen and oxygen atoms in total. The molecule has 0 aliphatic rings. The Kier molecular flexibility index (Phi) is 10.3. The zero-order valence-electron chi connectivity index (χ0n) is 19.3. The second-order valence-electron chi connectivity index (χ2n) is 6.93. The Labute approximate surface area is 197 Å². The van der Waals surface area contributed by atoms with Crippen LogP contribution in [0.2, 0.25) is 0 Å². The smallest absolute Gasteiger partial charge is 0.308 e. The predicted octanol–water partition coefficient (Wildman–Crippen LogP) is 1.37. The normalized spacial score (nSPS) is 11.4. The van der Waals surface area contributed by atoms with Crippen molar-refractivity contribution >= 4 is 29.8 Å². The molecule has 2 aromatic carbocycles. The van der Waals surface area contributed by atoms with Gasteiger partial charge in [0.2, 0.25) is 5.91 Å². The van der Waals surface area contributed by atoms with Gasteiger partial charge in [-0.1, -0.05) is 6.07 Å². The minimum Gasteiger partial charge on any atom is -0.497 e. The summed E-state index contributed by atoms with van der Waals surface area (Å²) in [6.07, 6.45) is 1.17. The van der Waals surface area contributed by atoms with Crippen LogP contribution in [-0.4, -0.2) is 51.5 Å². The van der Waals surface area contributed by atoms with E-state index < -0.39 is 23.8 Å². The number of hydrogen-bond acceptors (Lipinski definition) is 8. The van der Waals surface area contributed by atoms with Crippen LogP contribution in [0.15, 0.2) is 47.5 Å². The Balaban J connectivity index is 2.11. The summed E-state index contributed by atoms with van der Waals surface area (Å²) in [4.78, 5) is 41.3. The average molecular weight is 472 g/mol. The zero-order valence-corrected chi connectivity index (χ0v) is 19.3. The van der Waals surface area contributed by atoms with E-state index in [4.69, 9.17) is 20.1 Å². The van der Waals surface area contributed by atoms with E-state index in [9.17, 15) is 14.4 Å². The quantitative estimate of drug-likeness (QED) is 0.119. The number of esters is 1. The number of nitrogens with two attached hydrogens (primary N) is 1. The number of ether oxygens (including phenoxy) is 3. The number of carbonyl (C=O) groups excluding carboxylic acids is 3. The molecule has 0 aromatic heterocycles. The molecule has 0 fully saturated rings. The van der Waals surface area contributed by atoms with E-state index in [1.165, 1.54) is 20.6 Å². The van der Waals surface area contributed by atoms with Crippen LogP contribution < -0.4 is 31.4 Å². The third-order valence-corrected chi connectivity index (χ3v) is 4.59. The molecule has 11 heteroatoms. The molecule has 0 saturated heterocycles. The lowest BCUT2D eigenvalue weighted by molar-refractivity contribution is -0.143. The van der Waals surface area contributed by atoms with Gasteiger partial charge in [0, 0.05) is 11.6 Å². The number of methoxy groups -OCH3 is 2. The van der Waals surface area contributed by atoms with Crippen molar-refractivity contribution in [2.24, 2.45) is 10.8 Å². The van der Waals surface area contributed by atoms with E-state index in [0.29, 0.717) is 28.3 Å². The molecular formula is C23H29N5O6. The van der Waals surface area contributed by atoms with Crippen molar-refractivity contribution in [3.8, 4) is 11.5 Å². The number of hydrazine groups is 1. The van der Waals surface area contributed by atoms with E-state index in [2.05, 4.69) is 21.1 Å². The lowest BCUT2D eigenvalue weighted by Gasteiger charge is -2.20. The van der Waals surface area contributed by atoms with Crippen LogP contribution in [-0.2, 0) is 14.3 Å². The van der Waals surface area contributed by atoms with Crippen LogP contribution in [0.5, 0.6) is 11.5 Å². The molecule has 0 heterocycles. The molecule has 2 aromatic rings. The minimum absolute atomic E-state index is 0.112. The number of hydrogen-bond donors (Lipinski definition) is 4. The molecule has 5 N–H and O–H groups in total. The molecule has 0 aliphatic carbocycles. The molecule has 34 heavy (non-hydrogen) atoms. The molecule has 0 bridgehead atoms. The second-order valence-corrected chi connectivity index (χ2v) is 6.93. The van der Waals surface area contributed by atoms with Gasteiger partial charge in [0.15, 0.2) is 0 Å². The van der Waals surface area contributed by atoms with E-state index in [0.717, 1.165) is 0 Å². The van der Waals surface area contributed by atoms with Crippen molar-refractivity contribution < 1.29 is 28.6 Å². The van der Waals surface area contributed by atoms with E-state index >= 15 is 0 Å². The van der Waals surface area contributed by atoms with Crippen LogP contribution in [0.25, 0.3) is 0 Å². The molecule has 182 valence electrons. The maximum absolute atomic E-state index is 12.6. The van der Waals surface area contributed by atoms with Crippen molar-refractivity contribution in [1.82, 2.24) is 16.1 Å². The standard InChI is InChI=1S/C23H29N5O6/c1-4-34-22(30)12-20(16-9-18(32-2)11-19(10-16)33-3)28-21(29)13-25-23(31)15-6-5-7-17(8-15)26-14-27-24/h5-11,14,20H,4,12-13,24H2,1-3H3,(H,25,31)(H,26,27)(H,28,29). The third-order valence-electron chi connectivity index (χ3n) is 4.59. The van der Waals surface area contributed by atoms with Gasteiger partial charge in [-0.15, -0.1) is 0 Å². The second kappa shape index (κ2) is 13.4. The van der Waals surface area contributed by atoms with E-state index in [-0.39, 0.29) is 19.6 Å². The molecule has 0 aliphatic heterocycles. The highest BCUT2D eigenvalue weighted by Crippen LogP contribution is 2.28.